The van der Waals surface area contributed by atoms with Crippen LogP contribution in [0.25, 0.3) is 10.8 Å². The predicted molar refractivity (Wildman–Crippen MR) is 135 cm³/mol. The molecule has 174 valence electrons. The second-order valence-electron chi connectivity index (χ2n) is 10.2. The summed E-state index contributed by atoms with van der Waals surface area (Å²) in [5.41, 5.74) is 1.97. The van der Waals surface area contributed by atoms with Crippen LogP contribution in [0.15, 0.2) is 72.8 Å². The van der Waals surface area contributed by atoms with Crippen LogP contribution < -0.4 is 5.32 Å². The molecule has 4 nitrogen and oxygen atoms in total. The first kappa shape index (κ1) is 23.3. The van der Waals surface area contributed by atoms with Crippen molar-refractivity contribution in [2.45, 2.75) is 45.8 Å². The van der Waals surface area contributed by atoms with Gasteiger partial charge in [0.2, 0.25) is 0 Å². The Balaban J connectivity index is 1.61. The number of benzene rings is 3. The van der Waals surface area contributed by atoms with Gasteiger partial charge >= 0.3 is 6.09 Å². The predicted octanol–water partition coefficient (Wildman–Crippen LogP) is 6.22. The quantitative estimate of drug-likeness (QED) is 0.491. The minimum absolute atomic E-state index is 0.0936. The topological polar surface area (TPSA) is 41.6 Å². The molecule has 4 heteroatoms. The van der Waals surface area contributed by atoms with Crippen molar-refractivity contribution in [2.75, 3.05) is 19.6 Å². The van der Waals surface area contributed by atoms with E-state index in [0.717, 1.165) is 25.1 Å². The van der Waals surface area contributed by atoms with Gasteiger partial charge in [0, 0.05) is 6.54 Å². The molecule has 0 aromatic heterocycles. The molecule has 3 atom stereocenters. The van der Waals surface area contributed by atoms with E-state index in [9.17, 15) is 4.79 Å². The smallest absolute Gasteiger partial charge is 0.410 e. The second kappa shape index (κ2) is 9.96. The van der Waals surface area contributed by atoms with E-state index in [1.165, 1.54) is 16.3 Å². The third kappa shape index (κ3) is 5.75. The van der Waals surface area contributed by atoms with Crippen molar-refractivity contribution in [1.29, 1.82) is 0 Å². The number of hydrogen-bond donors (Lipinski definition) is 1. The lowest BCUT2D eigenvalue weighted by molar-refractivity contribution is 0.0130. The van der Waals surface area contributed by atoms with Crippen molar-refractivity contribution < 1.29 is 9.53 Å². The van der Waals surface area contributed by atoms with Gasteiger partial charge < -0.3 is 15.0 Å². The maximum absolute atomic E-state index is 13.4. The number of rotatable bonds is 6. The molecule has 3 aromatic rings. The first-order chi connectivity index (χ1) is 15.8. The van der Waals surface area contributed by atoms with Crippen molar-refractivity contribution in [3.8, 4) is 0 Å². The zero-order valence-electron chi connectivity index (χ0n) is 20.3. The maximum atomic E-state index is 13.4. The largest absolute Gasteiger partial charge is 0.444 e. The van der Waals surface area contributed by atoms with Crippen LogP contribution in [0.3, 0.4) is 0 Å². The number of hydrogen-bond acceptors (Lipinski definition) is 3. The van der Waals surface area contributed by atoms with Gasteiger partial charge in [-0.25, -0.2) is 4.79 Å². The number of nitrogens with one attached hydrogen (secondary N) is 1. The van der Waals surface area contributed by atoms with Gasteiger partial charge in [0.1, 0.15) is 5.60 Å². The number of fused-ring (bicyclic) bond motifs is 1. The SMILES string of the molecule is CC(c1cccc2ccccc12)N(CC1CNCC1Cc1ccccc1)C(=O)OC(C)(C)C. The Morgan fingerprint density at radius 3 is 2.39 bits per heavy atom. The molecule has 3 unspecified atom stereocenters. The number of nitrogens with zero attached hydrogens (tertiary/aromatic N) is 1. The Bertz CT molecular complexity index is 1070. The fourth-order valence-corrected chi connectivity index (χ4v) is 4.90. The molecule has 0 saturated carbocycles. The van der Waals surface area contributed by atoms with Gasteiger partial charge in [0.15, 0.2) is 0 Å². The molecular weight excluding hydrogens is 408 g/mol. The number of carbonyl (C=O) groups is 1. The molecule has 1 aliphatic rings. The van der Waals surface area contributed by atoms with Gasteiger partial charge in [-0.1, -0.05) is 72.8 Å². The number of amides is 1. The highest BCUT2D eigenvalue weighted by Crippen LogP contribution is 2.32. The molecule has 3 aromatic carbocycles. The molecule has 1 N–H and O–H groups in total. The van der Waals surface area contributed by atoms with E-state index in [0.29, 0.717) is 18.4 Å². The molecule has 1 amide bonds. The average Bonchev–Trinajstić information content (AvgIpc) is 3.22. The van der Waals surface area contributed by atoms with E-state index in [1.54, 1.807) is 0 Å². The summed E-state index contributed by atoms with van der Waals surface area (Å²) in [5.74, 6) is 0.854. The Labute approximate surface area is 197 Å². The molecule has 0 radical (unpaired) electrons. The molecule has 1 fully saturated rings. The molecule has 1 saturated heterocycles. The van der Waals surface area contributed by atoms with E-state index in [1.807, 2.05) is 25.7 Å². The summed E-state index contributed by atoms with van der Waals surface area (Å²) in [6, 6.07) is 25.3. The summed E-state index contributed by atoms with van der Waals surface area (Å²) in [7, 11) is 0. The third-order valence-electron chi connectivity index (χ3n) is 6.62. The first-order valence-corrected chi connectivity index (χ1v) is 12.0. The molecule has 0 aliphatic carbocycles. The summed E-state index contributed by atoms with van der Waals surface area (Å²) in [6.45, 7) is 10.5. The molecule has 1 aliphatic heterocycles. The molecule has 1 heterocycles. The Kier molecular flexibility index (Phi) is 7.04. The lowest BCUT2D eigenvalue weighted by Gasteiger charge is -2.35. The zero-order valence-corrected chi connectivity index (χ0v) is 20.3. The lowest BCUT2D eigenvalue weighted by Crippen LogP contribution is -2.42. The van der Waals surface area contributed by atoms with Crippen LogP contribution in [0.2, 0.25) is 0 Å². The van der Waals surface area contributed by atoms with Gasteiger partial charge in [-0.05, 0) is 80.9 Å². The highest BCUT2D eigenvalue weighted by Gasteiger charge is 2.34. The summed E-state index contributed by atoms with van der Waals surface area (Å²) in [6.07, 6.45) is 0.775. The van der Waals surface area contributed by atoms with Crippen LogP contribution in [0, 0.1) is 11.8 Å². The van der Waals surface area contributed by atoms with Crippen LogP contribution in [-0.2, 0) is 11.2 Å². The Morgan fingerprint density at radius 2 is 1.64 bits per heavy atom. The van der Waals surface area contributed by atoms with Gasteiger partial charge in [0.25, 0.3) is 0 Å². The Hall–Kier alpha value is -2.85. The highest BCUT2D eigenvalue weighted by atomic mass is 16.6. The van der Waals surface area contributed by atoms with Crippen molar-refractivity contribution in [3.63, 3.8) is 0 Å². The van der Waals surface area contributed by atoms with Crippen LogP contribution in [0.4, 0.5) is 4.79 Å². The first-order valence-electron chi connectivity index (χ1n) is 12.0. The van der Waals surface area contributed by atoms with Gasteiger partial charge in [-0.15, -0.1) is 0 Å². The number of ether oxygens (including phenoxy) is 1. The van der Waals surface area contributed by atoms with Gasteiger partial charge in [0.05, 0.1) is 6.04 Å². The fourth-order valence-electron chi connectivity index (χ4n) is 4.90. The fraction of sp³-hybridized carbons (Fsp3) is 0.414. The van der Waals surface area contributed by atoms with Crippen LogP contribution in [0.1, 0.15) is 44.9 Å². The summed E-state index contributed by atoms with van der Waals surface area (Å²) in [4.78, 5) is 15.4. The van der Waals surface area contributed by atoms with E-state index in [2.05, 4.69) is 85.0 Å². The van der Waals surface area contributed by atoms with E-state index < -0.39 is 5.60 Å². The summed E-state index contributed by atoms with van der Waals surface area (Å²) >= 11 is 0. The molecule has 33 heavy (non-hydrogen) atoms. The lowest BCUT2D eigenvalue weighted by atomic mass is 9.88. The minimum Gasteiger partial charge on any atom is -0.444 e. The van der Waals surface area contributed by atoms with Crippen molar-refractivity contribution in [1.82, 2.24) is 10.2 Å². The van der Waals surface area contributed by atoms with E-state index in [4.69, 9.17) is 4.74 Å². The van der Waals surface area contributed by atoms with Crippen LogP contribution in [-0.4, -0.2) is 36.2 Å². The number of carbonyl (C=O) groups excluding carboxylic acids is 1. The van der Waals surface area contributed by atoms with E-state index in [-0.39, 0.29) is 12.1 Å². The zero-order chi connectivity index (χ0) is 23.4. The van der Waals surface area contributed by atoms with Gasteiger partial charge in [-0.2, -0.15) is 0 Å². The molecule has 0 spiro atoms. The van der Waals surface area contributed by atoms with Crippen molar-refractivity contribution in [2.24, 2.45) is 11.8 Å². The van der Waals surface area contributed by atoms with Gasteiger partial charge in [-0.3, -0.25) is 0 Å². The highest BCUT2D eigenvalue weighted by molar-refractivity contribution is 5.86. The maximum Gasteiger partial charge on any atom is 0.410 e. The second-order valence-corrected chi connectivity index (χ2v) is 10.2. The molecule has 0 bridgehead atoms. The third-order valence-corrected chi connectivity index (χ3v) is 6.62. The minimum atomic E-state index is -0.537. The normalized spacial score (nSPS) is 19.4. The van der Waals surface area contributed by atoms with E-state index >= 15 is 0 Å². The Morgan fingerprint density at radius 1 is 0.970 bits per heavy atom. The van der Waals surface area contributed by atoms with Crippen molar-refractivity contribution >= 4 is 16.9 Å². The van der Waals surface area contributed by atoms with Crippen LogP contribution >= 0.6 is 0 Å². The summed E-state index contributed by atoms with van der Waals surface area (Å²) < 4.78 is 5.88. The average molecular weight is 445 g/mol. The monoisotopic (exact) mass is 444 g/mol. The molecule has 4 rings (SSSR count). The van der Waals surface area contributed by atoms with Crippen molar-refractivity contribution in [3.05, 3.63) is 83.9 Å². The van der Waals surface area contributed by atoms with Crippen LogP contribution in [0.5, 0.6) is 0 Å². The standard InChI is InChI=1S/C29H36N2O2/c1-21(26-16-10-14-23-13-8-9-15-27(23)26)31(28(32)33-29(2,3)4)20-25-19-30-18-24(25)17-22-11-6-5-7-12-22/h5-16,21,24-25,30H,17-20H2,1-4H3. The molecular formula is C29H36N2O2. The summed E-state index contributed by atoms with van der Waals surface area (Å²) in [5, 5.41) is 5.94.